The van der Waals surface area contributed by atoms with Gasteiger partial charge in [-0.3, -0.25) is 0 Å². The highest BCUT2D eigenvalue weighted by Gasteiger charge is 2.03. The third-order valence-corrected chi connectivity index (χ3v) is 4.29. The molecule has 0 radical (unpaired) electrons. The van der Waals surface area contributed by atoms with Crippen molar-refractivity contribution in [3.63, 3.8) is 0 Å². The van der Waals surface area contributed by atoms with E-state index in [1.54, 1.807) is 18.3 Å². The quantitative estimate of drug-likeness (QED) is 0.599. The molecule has 0 aliphatic rings. The molecule has 2 N–H and O–H groups in total. The second kappa shape index (κ2) is 8.98. The fourth-order valence-corrected chi connectivity index (χ4v) is 2.79. The maximum atomic E-state index is 13.0. The average Bonchev–Trinajstić information content (AvgIpc) is 2.70. The number of halogens is 1. The molecule has 1 heterocycles. The van der Waals surface area contributed by atoms with Crippen molar-refractivity contribution in [2.24, 2.45) is 0 Å². The van der Waals surface area contributed by atoms with Crippen LogP contribution >= 0.6 is 0 Å². The van der Waals surface area contributed by atoms with Crippen LogP contribution < -0.4 is 15.5 Å². The molecule has 6 heteroatoms. The predicted octanol–water partition coefficient (Wildman–Crippen LogP) is 4.82. The van der Waals surface area contributed by atoms with E-state index in [-0.39, 0.29) is 5.82 Å². The van der Waals surface area contributed by atoms with Crippen LogP contribution in [0.4, 0.5) is 27.5 Å². The summed E-state index contributed by atoms with van der Waals surface area (Å²) in [6.07, 6.45) is 1.70. The van der Waals surface area contributed by atoms with E-state index in [9.17, 15) is 4.39 Å². The van der Waals surface area contributed by atoms with E-state index < -0.39 is 0 Å². The van der Waals surface area contributed by atoms with Crippen molar-refractivity contribution in [3.05, 3.63) is 72.2 Å². The first-order valence-corrected chi connectivity index (χ1v) is 9.11. The van der Waals surface area contributed by atoms with Crippen LogP contribution in [0.25, 0.3) is 0 Å². The van der Waals surface area contributed by atoms with Crippen LogP contribution in [0.1, 0.15) is 19.4 Å². The molecule has 27 heavy (non-hydrogen) atoms. The standard InChI is InChI=1S/C21H24FN5/c1-3-27(4-2)19-11-9-18(10-12-19)25-20-13-14-23-21(26-20)24-15-16-5-7-17(22)8-6-16/h5-14H,3-4,15H2,1-2H3,(H2,23,24,25,26). The Labute approximate surface area is 159 Å². The zero-order valence-corrected chi connectivity index (χ0v) is 15.6. The van der Waals surface area contributed by atoms with Gasteiger partial charge in [-0.25, -0.2) is 9.37 Å². The molecule has 0 aliphatic carbocycles. The monoisotopic (exact) mass is 365 g/mol. The lowest BCUT2D eigenvalue weighted by Crippen LogP contribution is -2.21. The molecular formula is C21H24FN5. The van der Waals surface area contributed by atoms with E-state index in [0.29, 0.717) is 18.3 Å². The van der Waals surface area contributed by atoms with E-state index in [1.165, 1.54) is 17.8 Å². The van der Waals surface area contributed by atoms with Crippen LogP contribution in [0, 0.1) is 5.82 Å². The van der Waals surface area contributed by atoms with Crippen LogP contribution in [0.5, 0.6) is 0 Å². The van der Waals surface area contributed by atoms with Gasteiger partial charge in [-0.2, -0.15) is 4.98 Å². The minimum absolute atomic E-state index is 0.242. The Bertz CT molecular complexity index is 845. The van der Waals surface area contributed by atoms with Crippen molar-refractivity contribution >= 4 is 23.1 Å². The van der Waals surface area contributed by atoms with Gasteiger partial charge >= 0.3 is 0 Å². The van der Waals surface area contributed by atoms with Crippen molar-refractivity contribution in [2.45, 2.75) is 20.4 Å². The van der Waals surface area contributed by atoms with Gasteiger partial charge in [0, 0.05) is 37.2 Å². The molecule has 0 fully saturated rings. The third-order valence-electron chi connectivity index (χ3n) is 4.29. The van der Waals surface area contributed by atoms with Gasteiger partial charge in [0.05, 0.1) is 0 Å². The molecule has 0 spiro atoms. The molecule has 0 amide bonds. The fourth-order valence-electron chi connectivity index (χ4n) is 2.79. The molecule has 0 atom stereocenters. The predicted molar refractivity (Wildman–Crippen MR) is 109 cm³/mol. The van der Waals surface area contributed by atoms with E-state index in [2.05, 4.69) is 51.5 Å². The van der Waals surface area contributed by atoms with Crippen LogP contribution in [0.3, 0.4) is 0 Å². The van der Waals surface area contributed by atoms with E-state index in [0.717, 1.165) is 24.3 Å². The average molecular weight is 365 g/mol. The maximum absolute atomic E-state index is 13.0. The van der Waals surface area contributed by atoms with Crippen LogP contribution in [-0.2, 0) is 6.54 Å². The minimum Gasteiger partial charge on any atom is -0.372 e. The molecule has 3 rings (SSSR count). The highest BCUT2D eigenvalue weighted by molar-refractivity contribution is 5.61. The Balaban J connectivity index is 1.62. The summed E-state index contributed by atoms with van der Waals surface area (Å²) in [4.78, 5) is 11.0. The summed E-state index contributed by atoms with van der Waals surface area (Å²) in [5, 5.41) is 6.45. The van der Waals surface area contributed by atoms with Crippen LogP contribution in [0.2, 0.25) is 0 Å². The highest BCUT2D eigenvalue weighted by atomic mass is 19.1. The third kappa shape index (κ3) is 5.17. The summed E-state index contributed by atoms with van der Waals surface area (Å²) in [7, 11) is 0. The molecule has 3 aromatic rings. The number of anilines is 4. The summed E-state index contributed by atoms with van der Waals surface area (Å²) < 4.78 is 13.0. The number of aromatic nitrogens is 2. The Morgan fingerprint density at radius 3 is 2.30 bits per heavy atom. The minimum atomic E-state index is -0.242. The van der Waals surface area contributed by atoms with Gasteiger partial charge in [0.25, 0.3) is 0 Å². The molecule has 0 bridgehead atoms. The summed E-state index contributed by atoms with van der Waals surface area (Å²) in [6, 6.07) is 16.5. The van der Waals surface area contributed by atoms with Crippen molar-refractivity contribution in [2.75, 3.05) is 28.6 Å². The second-order valence-corrected chi connectivity index (χ2v) is 6.09. The summed E-state index contributed by atoms with van der Waals surface area (Å²) in [5.41, 5.74) is 3.13. The van der Waals surface area contributed by atoms with Gasteiger partial charge in [-0.05, 0) is 61.9 Å². The Hall–Kier alpha value is -3.15. The van der Waals surface area contributed by atoms with Crippen molar-refractivity contribution in [1.29, 1.82) is 0 Å². The Morgan fingerprint density at radius 2 is 1.63 bits per heavy atom. The van der Waals surface area contributed by atoms with Crippen molar-refractivity contribution < 1.29 is 4.39 Å². The number of hydrogen-bond donors (Lipinski definition) is 2. The van der Waals surface area contributed by atoms with E-state index >= 15 is 0 Å². The molecule has 1 aromatic heterocycles. The first kappa shape index (κ1) is 18.6. The Morgan fingerprint density at radius 1 is 0.926 bits per heavy atom. The lowest BCUT2D eigenvalue weighted by Gasteiger charge is -2.21. The lowest BCUT2D eigenvalue weighted by atomic mass is 10.2. The van der Waals surface area contributed by atoms with Gasteiger partial charge in [0.15, 0.2) is 0 Å². The topological polar surface area (TPSA) is 53.1 Å². The van der Waals surface area contributed by atoms with Gasteiger partial charge in [0.2, 0.25) is 5.95 Å². The second-order valence-electron chi connectivity index (χ2n) is 6.09. The zero-order valence-electron chi connectivity index (χ0n) is 15.6. The van der Waals surface area contributed by atoms with Gasteiger partial charge in [-0.1, -0.05) is 12.1 Å². The zero-order chi connectivity index (χ0) is 19.1. The molecule has 2 aromatic carbocycles. The largest absolute Gasteiger partial charge is 0.372 e. The van der Waals surface area contributed by atoms with E-state index in [4.69, 9.17) is 0 Å². The molecule has 0 aliphatic heterocycles. The normalized spacial score (nSPS) is 10.5. The number of rotatable bonds is 8. The smallest absolute Gasteiger partial charge is 0.224 e. The molecule has 5 nitrogen and oxygen atoms in total. The SMILES string of the molecule is CCN(CC)c1ccc(Nc2ccnc(NCc3ccc(F)cc3)n2)cc1. The lowest BCUT2D eigenvalue weighted by molar-refractivity contribution is 0.627. The van der Waals surface area contributed by atoms with Crippen LogP contribution in [0.15, 0.2) is 60.8 Å². The molecule has 140 valence electrons. The Kier molecular flexibility index (Phi) is 6.20. The summed E-state index contributed by atoms with van der Waals surface area (Å²) >= 11 is 0. The van der Waals surface area contributed by atoms with Gasteiger partial charge in [0.1, 0.15) is 11.6 Å². The summed E-state index contributed by atoms with van der Waals surface area (Å²) in [6.45, 7) is 6.80. The first-order chi connectivity index (χ1) is 13.2. The number of nitrogens with one attached hydrogen (secondary N) is 2. The molecule has 0 saturated heterocycles. The number of nitrogens with zero attached hydrogens (tertiary/aromatic N) is 3. The molecule has 0 unspecified atom stereocenters. The maximum Gasteiger partial charge on any atom is 0.224 e. The van der Waals surface area contributed by atoms with Crippen LogP contribution in [-0.4, -0.2) is 23.1 Å². The summed E-state index contributed by atoms with van der Waals surface area (Å²) in [5.74, 6) is 0.986. The fraction of sp³-hybridized carbons (Fsp3) is 0.238. The van der Waals surface area contributed by atoms with Crippen molar-refractivity contribution in [3.8, 4) is 0 Å². The number of hydrogen-bond acceptors (Lipinski definition) is 5. The van der Waals surface area contributed by atoms with Gasteiger partial charge in [-0.15, -0.1) is 0 Å². The first-order valence-electron chi connectivity index (χ1n) is 9.11. The molecular weight excluding hydrogens is 341 g/mol. The van der Waals surface area contributed by atoms with Crippen molar-refractivity contribution in [1.82, 2.24) is 9.97 Å². The number of benzene rings is 2. The highest BCUT2D eigenvalue weighted by Crippen LogP contribution is 2.20. The van der Waals surface area contributed by atoms with Gasteiger partial charge < -0.3 is 15.5 Å². The molecule has 0 saturated carbocycles. The van der Waals surface area contributed by atoms with E-state index in [1.807, 2.05) is 18.2 Å².